The van der Waals surface area contributed by atoms with Gasteiger partial charge in [0.1, 0.15) is 12.1 Å². The average Bonchev–Trinajstić information content (AvgIpc) is 2.51. The van der Waals surface area contributed by atoms with Gasteiger partial charge in [0.2, 0.25) is 5.91 Å². The third-order valence-electron chi connectivity index (χ3n) is 3.53. The summed E-state index contributed by atoms with van der Waals surface area (Å²) < 4.78 is 0. The molecule has 0 spiro atoms. The van der Waals surface area contributed by atoms with Crippen LogP contribution in [0.4, 0.5) is 5.82 Å². The molecule has 0 saturated heterocycles. The van der Waals surface area contributed by atoms with Crippen molar-refractivity contribution in [1.82, 2.24) is 14.9 Å². The Hall–Kier alpha value is -2.17. The summed E-state index contributed by atoms with van der Waals surface area (Å²) in [6.07, 6.45) is 3.66. The molecule has 0 aliphatic rings. The van der Waals surface area contributed by atoms with E-state index in [0.717, 1.165) is 36.1 Å². The minimum atomic E-state index is 0.105. The van der Waals surface area contributed by atoms with E-state index in [2.05, 4.69) is 16.9 Å². The molecule has 2 aromatic rings. The van der Waals surface area contributed by atoms with Gasteiger partial charge >= 0.3 is 0 Å². The third-order valence-corrected chi connectivity index (χ3v) is 3.53. The molecule has 1 heterocycles. The van der Waals surface area contributed by atoms with E-state index in [1.165, 1.54) is 0 Å². The van der Waals surface area contributed by atoms with Gasteiger partial charge in [-0.25, -0.2) is 9.97 Å². The van der Waals surface area contributed by atoms with E-state index in [1.54, 1.807) is 11.2 Å². The molecular weight excluding hydrogens is 264 g/mol. The van der Waals surface area contributed by atoms with Gasteiger partial charge in [-0.1, -0.05) is 25.5 Å². The van der Waals surface area contributed by atoms with Gasteiger partial charge < -0.3 is 9.80 Å². The SMILES string of the molecule is CCCCN(C)C(=O)CN(C)c1ncnc2ccccc12. The van der Waals surface area contributed by atoms with Crippen LogP contribution in [0.3, 0.4) is 0 Å². The van der Waals surface area contributed by atoms with E-state index in [4.69, 9.17) is 0 Å². The van der Waals surface area contributed by atoms with Crippen LogP contribution in [0, 0.1) is 0 Å². The second-order valence-corrected chi connectivity index (χ2v) is 5.24. The Morgan fingerprint density at radius 2 is 1.95 bits per heavy atom. The first-order valence-electron chi connectivity index (χ1n) is 7.28. The molecule has 0 aliphatic carbocycles. The Kier molecular flexibility index (Phi) is 5.09. The number of carbonyl (C=O) groups excluding carboxylic acids is 1. The molecule has 0 fully saturated rings. The van der Waals surface area contributed by atoms with Crippen molar-refractivity contribution < 1.29 is 4.79 Å². The highest BCUT2D eigenvalue weighted by atomic mass is 16.2. The van der Waals surface area contributed by atoms with Crippen molar-refractivity contribution in [1.29, 1.82) is 0 Å². The van der Waals surface area contributed by atoms with Crippen LogP contribution in [0.2, 0.25) is 0 Å². The van der Waals surface area contributed by atoms with E-state index in [0.29, 0.717) is 6.54 Å². The number of likely N-dealkylation sites (N-methyl/N-ethyl adjacent to an activating group) is 2. The number of hydrogen-bond donors (Lipinski definition) is 0. The summed E-state index contributed by atoms with van der Waals surface area (Å²) in [6.45, 7) is 3.24. The number of benzene rings is 1. The summed E-state index contributed by atoms with van der Waals surface area (Å²) >= 11 is 0. The lowest BCUT2D eigenvalue weighted by Crippen LogP contribution is -2.37. The average molecular weight is 286 g/mol. The van der Waals surface area contributed by atoms with Crippen LogP contribution in [-0.2, 0) is 4.79 Å². The quantitative estimate of drug-likeness (QED) is 0.817. The zero-order chi connectivity index (χ0) is 15.2. The van der Waals surface area contributed by atoms with E-state index in [-0.39, 0.29) is 5.91 Å². The number of unbranched alkanes of at least 4 members (excludes halogenated alkanes) is 1. The lowest BCUT2D eigenvalue weighted by Gasteiger charge is -2.23. The first kappa shape index (κ1) is 15.2. The highest BCUT2D eigenvalue weighted by Crippen LogP contribution is 2.21. The third kappa shape index (κ3) is 3.68. The second-order valence-electron chi connectivity index (χ2n) is 5.24. The van der Waals surface area contributed by atoms with Gasteiger partial charge in [0.05, 0.1) is 12.1 Å². The summed E-state index contributed by atoms with van der Waals surface area (Å²) in [6, 6.07) is 7.83. The standard InChI is InChI=1S/C16H22N4O/c1-4-5-10-19(2)15(21)11-20(3)16-13-8-6-7-9-14(13)17-12-18-16/h6-9,12H,4-5,10-11H2,1-3H3. The highest BCUT2D eigenvalue weighted by Gasteiger charge is 2.14. The fourth-order valence-corrected chi connectivity index (χ4v) is 2.21. The molecule has 0 unspecified atom stereocenters. The van der Waals surface area contributed by atoms with E-state index in [1.807, 2.05) is 43.3 Å². The van der Waals surface area contributed by atoms with Crippen LogP contribution in [0.15, 0.2) is 30.6 Å². The number of amides is 1. The molecule has 0 atom stereocenters. The van der Waals surface area contributed by atoms with Crippen molar-refractivity contribution in [3.8, 4) is 0 Å². The Morgan fingerprint density at radius 3 is 2.71 bits per heavy atom. The van der Waals surface area contributed by atoms with Crippen molar-refractivity contribution in [3.63, 3.8) is 0 Å². The zero-order valence-corrected chi connectivity index (χ0v) is 12.9. The summed E-state index contributed by atoms with van der Waals surface area (Å²) in [5.41, 5.74) is 0.890. The molecule has 0 N–H and O–H groups in total. The first-order chi connectivity index (χ1) is 10.1. The maximum absolute atomic E-state index is 12.2. The summed E-state index contributed by atoms with van der Waals surface area (Å²) in [5, 5.41) is 0.964. The predicted molar refractivity (Wildman–Crippen MR) is 85.4 cm³/mol. The number of nitrogens with zero attached hydrogens (tertiary/aromatic N) is 4. The lowest BCUT2D eigenvalue weighted by atomic mass is 10.2. The smallest absolute Gasteiger partial charge is 0.241 e. The number of anilines is 1. The van der Waals surface area contributed by atoms with Crippen LogP contribution in [-0.4, -0.2) is 48.0 Å². The Labute approximate surface area is 125 Å². The van der Waals surface area contributed by atoms with E-state index in [9.17, 15) is 4.79 Å². The molecule has 1 amide bonds. The molecule has 0 aliphatic heterocycles. The molecule has 0 bridgehead atoms. The minimum absolute atomic E-state index is 0.105. The summed E-state index contributed by atoms with van der Waals surface area (Å²) in [5.74, 6) is 0.895. The Bertz CT molecular complexity index is 609. The molecule has 5 heteroatoms. The van der Waals surface area contributed by atoms with Gasteiger partial charge in [-0.15, -0.1) is 0 Å². The van der Waals surface area contributed by atoms with Crippen LogP contribution in [0.25, 0.3) is 10.9 Å². The summed E-state index contributed by atoms with van der Waals surface area (Å²) in [4.78, 5) is 24.4. The topological polar surface area (TPSA) is 49.3 Å². The van der Waals surface area contributed by atoms with Crippen LogP contribution in [0.5, 0.6) is 0 Å². The Morgan fingerprint density at radius 1 is 1.19 bits per heavy atom. The van der Waals surface area contributed by atoms with Gasteiger partial charge in [-0.2, -0.15) is 0 Å². The van der Waals surface area contributed by atoms with Crippen LogP contribution >= 0.6 is 0 Å². The normalized spacial score (nSPS) is 10.6. The van der Waals surface area contributed by atoms with Gasteiger partial charge in [-0.05, 0) is 18.6 Å². The van der Waals surface area contributed by atoms with Crippen molar-refractivity contribution >= 4 is 22.6 Å². The maximum Gasteiger partial charge on any atom is 0.241 e. The van der Waals surface area contributed by atoms with Crippen molar-refractivity contribution in [3.05, 3.63) is 30.6 Å². The van der Waals surface area contributed by atoms with Crippen LogP contribution < -0.4 is 4.90 Å². The van der Waals surface area contributed by atoms with E-state index < -0.39 is 0 Å². The van der Waals surface area contributed by atoms with E-state index >= 15 is 0 Å². The number of para-hydroxylation sites is 1. The van der Waals surface area contributed by atoms with Crippen molar-refractivity contribution in [2.45, 2.75) is 19.8 Å². The molecule has 5 nitrogen and oxygen atoms in total. The van der Waals surface area contributed by atoms with Gasteiger partial charge in [-0.3, -0.25) is 4.79 Å². The highest BCUT2D eigenvalue weighted by molar-refractivity contribution is 5.91. The molecule has 2 rings (SSSR count). The van der Waals surface area contributed by atoms with Crippen molar-refractivity contribution in [2.75, 3.05) is 32.1 Å². The molecule has 21 heavy (non-hydrogen) atoms. The van der Waals surface area contributed by atoms with Gasteiger partial charge in [0, 0.05) is 26.0 Å². The molecule has 0 saturated carbocycles. The lowest BCUT2D eigenvalue weighted by molar-refractivity contribution is -0.128. The first-order valence-corrected chi connectivity index (χ1v) is 7.28. The molecule has 0 radical (unpaired) electrons. The number of carbonyl (C=O) groups is 1. The molecular formula is C16H22N4O. The second kappa shape index (κ2) is 7.02. The van der Waals surface area contributed by atoms with Gasteiger partial charge in [0.25, 0.3) is 0 Å². The molecule has 1 aromatic heterocycles. The van der Waals surface area contributed by atoms with Crippen LogP contribution in [0.1, 0.15) is 19.8 Å². The predicted octanol–water partition coefficient (Wildman–Crippen LogP) is 2.32. The molecule has 1 aromatic carbocycles. The van der Waals surface area contributed by atoms with Crippen molar-refractivity contribution in [2.24, 2.45) is 0 Å². The number of hydrogen-bond acceptors (Lipinski definition) is 4. The fraction of sp³-hybridized carbons (Fsp3) is 0.438. The minimum Gasteiger partial charge on any atom is -0.350 e. The number of rotatable bonds is 6. The monoisotopic (exact) mass is 286 g/mol. The Balaban J connectivity index is 2.12. The fourth-order valence-electron chi connectivity index (χ4n) is 2.21. The number of aromatic nitrogens is 2. The zero-order valence-electron chi connectivity index (χ0n) is 12.9. The van der Waals surface area contributed by atoms with Gasteiger partial charge in [0.15, 0.2) is 0 Å². The molecule has 112 valence electrons. The number of fused-ring (bicyclic) bond motifs is 1. The summed E-state index contributed by atoms with van der Waals surface area (Å²) in [7, 11) is 3.74. The largest absolute Gasteiger partial charge is 0.350 e. The maximum atomic E-state index is 12.2.